The Bertz CT molecular complexity index is 1460. The lowest BCUT2D eigenvalue weighted by atomic mass is 9.90. The van der Waals surface area contributed by atoms with Crippen LogP contribution in [-0.2, 0) is 27.9 Å². The Balaban J connectivity index is 1.68. The van der Waals surface area contributed by atoms with Gasteiger partial charge in [-0.25, -0.2) is 4.39 Å². The molecule has 1 unspecified atom stereocenters. The molecule has 1 aliphatic heterocycles. The highest BCUT2D eigenvalue weighted by atomic mass is 19.1. The Labute approximate surface area is 208 Å². The number of halogens is 1. The van der Waals surface area contributed by atoms with E-state index in [1.807, 2.05) is 36.2 Å². The van der Waals surface area contributed by atoms with Crippen LogP contribution in [0.2, 0.25) is 0 Å². The van der Waals surface area contributed by atoms with E-state index in [0.29, 0.717) is 18.7 Å². The molecule has 9 heteroatoms. The second kappa shape index (κ2) is 9.72. The molecule has 8 nitrogen and oxygen atoms in total. The molecule has 1 atom stereocenters. The number of esters is 1. The smallest absolute Gasteiger partial charge is 0.327 e. The van der Waals surface area contributed by atoms with E-state index in [4.69, 9.17) is 9.84 Å². The lowest BCUT2D eigenvalue weighted by Gasteiger charge is -2.18. The van der Waals surface area contributed by atoms with Gasteiger partial charge in [0, 0.05) is 49.3 Å². The number of hydrogen-bond acceptors (Lipinski definition) is 5. The topological polar surface area (TPSA) is 82.2 Å². The molecular formula is C27H30FN5O3. The average molecular weight is 492 g/mol. The van der Waals surface area contributed by atoms with Gasteiger partial charge in [0.1, 0.15) is 12.4 Å². The maximum atomic E-state index is 15.5. The van der Waals surface area contributed by atoms with E-state index >= 15 is 4.39 Å². The predicted molar refractivity (Wildman–Crippen MR) is 135 cm³/mol. The summed E-state index contributed by atoms with van der Waals surface area (Å²) in [6, 6.07) is 9.01. The summed E-state index contributed by atoms with van der Waals surface area (Å²) in [6.45, 7) is 4.99. The second-order valence-corrected chi connectivity index (χ2v) is 9.34. The summed E-state index contributed by atoms with van der Waals surface area (Å²) in [7, 11) is 1.83. The quantitative estimate of drug-likeness (QED) is 0.386. The van der Waals surface area contributed by atoms with E-state index in [1.54, 1.807) is 29.4 Å². The molecule has 0 saturated carbocycles. The standard InChI is InChI=1S/C27H30FN5O3/c1-4-36-25(35)16-33-23-9-5-8-20(21-14-24-19(13-22(21)28)15-29-31(24)3)26(23)27(30-33)18-7-6-11-32(12-10-18)17(2)34/h5,8-9,13-15,18H,4,6-7,10-12,16H2,1-3H3. The first-order valence-electron chi connectivity index (χ1n) is 12.4. The zero-order valence-electron chi connectivity index (χ0n) is 20.8. The van der Waals surface area contributed by atoms with Crippen LogP contribution in [0.3, 0.4) is 0 Å². The van der Waals surface area contributed by atoms with E-state index in [0.717, 1.165) is 52.3 Å². The van der Waals surface area contributed by atoms with E-state index < -0.39 is 0 Å². The fraction of sp³-hybridized carbons (Fsp3) is 0.407. The number of hydrogen-bond donors (Lipinski definition) is 0. The van der Waals surface area contributed by atoms with Crippen molar-refractivity contribution in [2.75, 3.05) is 19.7 Å². The minimum Gasteiger partial charge on any atom is -0.465 e. The number of aryl methyl sites for hydroxylation is 1. The molecule has 0 spiro atoms. The first kappa shape index (κ1) is 24.0. The summed E-state index contributed by atoms with van der Waals surface area (Å²) in [5.41, 5.74) is 3.61. The molecular weight excluding hydrogens is 461 g/mol. The highest BCUT2D eigenvalue weighted by molar-refractivity contribution is 5.99. The summed E-state index contributed by atoms with van der Waals surface area (Å²) in [5, 5.41) is 10.7. The first-order valence-corrected chi connectivity index (χ1v) is 12.4. The van der Waals surface area contributed by atoms with E-state index in [9.17, 15) is 9.59 Å². The fourth-order valence-corrected chi connectivity index (χ4v) is 5.28. The van der Waals surface area contributed by atoms with Gasteiger partial charge < -0.3 is 9.64 Å². The van der Waals surface area contributed by atoms with E-state index in [-0.39, 0.29) is 36.8 Å². The zero-order valence-corrected chi connectivity index (χ0v) is 20.8. The summed E-state index contributed by atoms with van der Waals surface area (Å²) >= 11 is 0. The number of amides is 1. The summed E-state index contributed by atoms with van der Waals surface area (Å²) in [5.74, 6) is -0.564. The molecule has 0 N–H and O–H groups in total. The summed E-state index contributed by atoms with van der Waals surface area (Å²) in [6.07, 6.45) is 4.11. The van der Waals surface area contributed by atoms with Crippen LogP contribution in [0.15, 0.2) is 36.5 Å². The van der Waals surface area contributed by atoms with E-state index in [1.165, 1.54) is 6.07 Å². The Morgan fingerprint density at radius 3 is 2.75 bits per heavy atom. The molecule has 2 aromatic carbocycles. The largest absolute Gasteiger partial charge is 0.465 e. The monoisotopic (exact) mass is 491 g/mol. The third kappa shape index (κ3) is 4.34. The van der Waals surface area contributed by atoms with Crippen molar-refractivity contribution in [1.29, 1.82) is 0 Å². The van der Waals surface area contributed by atoms with Gasteiger partial charge in [0.25, 0.3) is 0 Å². The third-order valence-electron chi connectivity index (χ3n) is 7.07. The zero-order chi connectivity index (χ0) is 25.4. The van der Waals surface area contributed by atoms with Gasteiger partial charge >= 0.3 is 5.97 Å². The fourth-order valence-electron chi connectivity index (χ4n) is 5.28. The molecule has 1 aliphatic rings. The second-order valence-electron chi connectivity index (χ2n) is 9.34. The number of carbonyl (C=O) groups is 2. The lowest BCUT2D eigenvalue weighted by molar-refractivity contribution is -0.144. The molecule has 0 aliphatic carbocycles. The highest BCUT2D eigenvalue weighted by Crippen LogP contribution is 2.39. The summed E-state index contributed by atoms with van der Waals surface area (Å²) < 4.78 is 24.0. The minimum absolute atomic E-state index is 0.0245. The summed E-state index contributed by atoms with van der Waals surface area (Å²) in [4.78, 5) is 26.2. The van der Waals surface area contributed by atoms with Gasteiger partial charge in [-0.1, -0.05) is 12.1 Å². The van der Waals surface area contributed by atoms with Gasteiger partial charge in [-0.05, 0) is 49.9 Å². The van der Waals surface area contributed by atoms with Gasteiger partial charge in [-0.2, -0.15) is 10.2 Å². The van der Waals surface area contributed by atoms with E-state index in [2.05, 4.69) is 5.10 Å². The molecule has 0 bridgehead atoms. The first-order chi connectivity index (χ1) is 17.4. The normalized spacial score (nSPS) is 16.4. The van der Waals surface area contributed by atoms with Crippen LogP contribution in [-0.4, -0.2) is 56.0 Å². The van der Waals surface area contributed by atoms with Crippen molar-refractivity contribution in [3.05, 3.63) is 48.0 Å². The Morgan fingerprint density at radius 1 is 1.14 bits per heavy atom. The molecule has 2 aromatic heterocycles. The van der Waals surface area contributed by atoms with Crippen LogP contribution < -0.4 is 0 Å². The Kier molecular flexibility index (Phi) is 6.47. The van der Waals surface area contributed by atoms with Crippen molar-refractivity contribution < 1.29 is 18.7 Å². The number of fused-ring (bicyclic) bond motifs is 2. The highest BCUT2D eigenvalue weighted by Gasteiger charge is 2.27. The average Bonchev–Trinajstić information content (AvgIpc) is 3.27. The maximum absolute atomic E-state index is 15.5. The van der Waals surface area contributed by atoms with Crippen LogP contribution in [0.1, 0.15) is 44.7 Å². The minimum atomic E-state index is -0.370. The number of nitrogens with zero attached hydrogens (tertiary/aromatic N) is 5. The molecule has 1 amide bonds. The molecule has 4 aromatic rings. The van der Waals surface area contributed by atoms with Crippen molar-refractivity contribution in [2.45, 2.75) is 45.6 Å². The van der Waals surface area contributed by atoms with Crippen LogP contribution >= 0.6 is 0 Å². The number of aromatic nitrogens is 4. The van der Waals surface area contributed by atoms with Crippen molar-refractivity contribution >= 4 is 33.7 Å². The molecule has 3 heterocycles. The van der Waals surface area contributed by atoms with Crippen molar-refractivity contribution in [3.8, 4) is 11.1 Å². The van der Waals surface area contributed by atoms with Crippen LogP contribution in [0.5, 0.6) is 0 Å². The van der Waals surface area contributed by atoms with Gasteiger partial charge in [-0.15, -0.1) is 0 Å². The van der Waals surface area contributed by atoms with Gasteiger partial charge in [0.15, 0.2) is 0 Å². The van der Waals surface area contributed by atoms with Crippen LogP contribution in [0, 0.1) is 5.82 Å². The number of ether oxygens (including phenoxy) is 1. The third-order valence-corrected chi connectivity index (χ3v) is 7.07. The Hall–Kier alpha value is -3.75. The van der Waals surface area contributed by atoms with Crippen LogP contribution in [0.25, 0.3) is 32.9 Å². The molecule has 1 saturated heterocycles. The maximum Gasteiger partial charge on any atom is 0.327 e. The van der Waals surface area contributed by atoms with Crippen LogP contribution in [0.4, 0.5) is 4.39 Å². The molecule has 0 radical (unpaired) electrons. The molecule has 1 fully saturated rings. The van der Waals surface area contributed by atoms with Crippen molar-refractivity contribution in [3.63, 3.8) is 0 Å². The van der Waals surface area contributed by atoms with Gasteiger partial charge in [-0.3, -0.25) is 19.0 Å². The van der Waals surface area contributed by atoms with Crippen molar-refractivity contribution in [1.82, 2.24) is 24.5 Å². The number of likely N-dealkylation sites (tertiary alicyclic amines) is 1. The predicted octanol–water partition coefficient (Wildman–Crippen LogP) is 4.41. The molecule has 188 valence electrons. The number of rotatable bonds is 5. The Morgan fingerprint density at radius 2 is 1.97 bits per heavy atom. The number of carbonyl (C=O) groups excluding carboxylic acids is 2. The van der Waals surface area contributed by atoms with Gasteiger partial charge in [0.05, 0.1) is 29.5 Å². The SMILES string of the molecule is CCOC(=O)Cn1nc(C2CCCN(C(C)=O)CC2)c2c(-c3cc4c(cnn4C)cc3F)cccc21. The number of benzene rings is 2. The van der Waals surface area contributed by atoms with Gasteiger partial charge in [0.2, 0.25) is 5.91 Å². The van der Waals surface area contributed by atoms with Crippen molar-refractivity contribution in [2.24, 2.45) is 7.05 Å². The lowest BCUT2D eigenvalue weighted by Crippen LogP contribution is -2.29. The molecule has 5 rings (SSSR count). The molecule has 36 heavy (non-hydrogen) atoms.